The second-order valence-electron chi connectivity index (χ2n) is 3.88. The van der Waals surface area contributed by atoms with Crippen LogP contribution in [0.15, 0.2) is 36.7 Å². The smallest absolute Gasteiger partial charge is 0.129 e. The Balaban J connectivity index is 0.000000704. The molecular formula is C16H18N2O2. The van der Waals surface area contributed by atoms with Crippen molar-refractivity contribution in [3.8, 4) is 11.5 Å². The lowest BCUT2D eigenvalue weighted by Gasteiger charge is -2.08. The van der Waals surface area contributed by atoms with E-state index in [2.05, 4.69) is 9.97 Å². The summed E-state index contributed by atoms with van der Waals surface area (Å²) in [6.45, 7) is 4.00. The molecule has 20 heavy (non-hydrogen) atoms. The molecule has 0 saturated carbocycles. The van der Waals surface area contributed by atoms with E-state index in [4.69, 9.17) is 9.47 Å². The number of nitrogens with zero attached hydrogens (tertiary/aromatic N) is 2. The summed E-state index contributed by atoms with van der Waals surface area (Å²) in [6.07, 6.45) is 3.45. The largest absolute Gasteiger partial charge is 0.496 e. The predicted octanol–water partition coefficient (Wildman–Crippen LogP) is 3.83. The van der Waals surface area contributed by atoms with Gasteiger partial charge in [-0.15, -0.1) is 0 Å². The Bertz CT molecular complexity index is 663. The molecule has 0 aliphatic carbocycles. The van der Waals surface area contributed by atoms with Crippen LogP contribution in [0.5, 0.6) is 11.5 Å². The van der Waals surface area contributed by atoms with Crippen LogP contribution in [-0.4, -0.2) is 24.2 Å². The molecule has 0 aliphatic heterocycles. The van der Waals surface area contributed by atoms with Gasteiger partial charge in [0.2, 0.25) is 0 Å². The van der Waals surface area contributed by atoms with Gasteiger partial charge >= 0.3 is 0 Å². The highest BCUT2D eigenvalue weighted by Crippen LogP contribution is 2.32. The fourth-order valence-electron chi connectivity index (χ4n) is 2.13. The Labute approximate surface area is 118 Å². The van der Waals surface area contributed by atoms with E-state index in [1.54, 1.807) is 26.6 Å². The number of rotatable bonds is 2. The molecule has 2 aromatic heterocycles. The summed E-state index contributed by atoms with van der Waals surface area (Å²) in [6, 6.07) is 7.64. The standard InChI is InChI=1S/C14H12N2O2.C2H6/c1-17-11-5-7-15-13-9(11)3-4-10-12(18-2)6-8-16-14(10)13;1-2/h3-8H,1-2H3;1-2H3. The highest BCUT2D eigenvalue weighted by Gasteiger charge is 2.09. The minimum atomic E-state index is 0.798. The summed E-state index contributed by atoms with van der Waals surface area (Å²) in [5.74, 6) is 1.60. The summed E-state index contributed by atoms with van der Waals surface area (Å²) < 4.78 is 10.7. The summed E-state index contributed by atoms with van der Waals surface area (Å²) in [5.41, 5.74) is 1.65. The number of methoxy groups -OCH3 is 2. The molecule has 0 spiro atoms. The maximum absolute atomic E-state index is 5.33. The van der Waals surface area contributed by atoms with Crippen LogP contribution in [0.1, 0.15) is 13.8 Å². The third-order valence-electron chi connectivity index (χ3n) is 2.98. The van der Waals surface area contributed by atoms with Gasteiger partial charge in [-0.05, 0) is 24.3 Å². The quantitative estimate of drug-likeness (QED) is 0.664. The van der Waals surface area contributed by atoms with Crippen LogP contribution in [0.2, 0.25) is 0 Å². The average molecular weight is 270 g/mol. The van der Waals surface area contributed by atoms with Crippen molar-refractivity contribution in [1.29, 1.82) is 0 Å². The number of fused-ring (bicyclic) bond motifs is 3. The van der Waals surface area contributed by atoms with Crippen LogP contribution in [0.3, 0.4) is 0 Å². The number of benzene rings is 1. The first-order chi connectivity index (χ1) is 9.85. The van der Waals surface area contributed by atoms with E-state index in [-0.39, 0.29) is 0 Å². The normalized spacial score (nSPS) is 10.0. The highest BCUT2D eigenvalue weighted by atomic mass is 16.5. The lowest BCUT2D eigenvalue weighted by atomic mass is 10.1. The third-order valence-corrected chi connectivity index (χ3v) is 2.98. The molecule has 0 atom stereocenters. The summed E-state index contributed by atoms with van der Waals surface area (Å²) in [4.78, 5) is 8.79. The maximum atomic E-state index is 5.33. The first-order valence-electron chi connectivity index (χ1n) is 6.59. The Morgan fingerprint density at radius 3 is 1.45 bits per heavy atom. The molecule has 104 valence electrons. The number of aromatic nitrogens is 2. The van der Waals surface area contributed by atoms with Crippen molar-refractivity contribution >= 4 is 21.8 Å². The summed E-state index contributed by atoms with van der Waals surface area (Å²) in [5, 5.41) is 1.90. The molecular weight excluding hydrogens is 252 g/mol. The highest BCUT2D eigenvalue weighted by molar-refractivity contribution is 6.06. The van der Waals surface area contributed by atoms with Gasteiger partial charge < -0.3 is 9.47 Å². The predicted molar refractivity (Wildman–Crippen MR) is 81.5 cm³/mol. The number of hydrogen-bond donors (Lipinski definition) is 0. The van der Waals surface area contributed by atoms with Crippen LogP contribution in [0, 0.1) is 0 Å². The van der Waals surface area contributed by atoms with Gasteiger partial charge in [0, 0.05) is 23.2 Å². The molecule has 3 rings (SSSR count). The lowest BCUT2D eigenvalue weighted by Crippen LogP contribution is -1.91. The molecule has 0 unspecified atom stereocenters. The van der Waals surface area contributed by atoms with Crippen molar-refractivity contribution in [3.05, 3.63) is 36.7 Å². The van der Waals surface area contributed by atoms with E-state index in [9.17, 15) is 0 Å². The minimum Gasteiger partial charge on any atom is -0.496 e. The second-order valence-corrected chi connectivity index (χ2v) is 3.88. The van der Waals surface area contributed by atoms with Crippen molar-refractivity contribution in [2.45, 2.75) is 13.8 Å². The van der Waals surface area contributed by atoms with Crippen LogP contribution < -0.4 is 9.47 Å². The number of hydrogen-bond acceptors (Lipinski definition) is 4. The Hall–Kier alpha value is -2.36. The van der Waals surface area contributed by atoms with E-state index < -0.39 is 0 Å². The first kappa shape index (κ1) is 14.1. The second kappa shape index (κ2) is 6.19. The third kappa shape index (κ3) is 2.25. The fourth-order valence-corrected chi connectivity index (χ4v) is 2.13. The molecule has 0 N–H and O–H groups in total. The molecule has 0 aliphatic rings. The van der Waals surface area contributed by atoms with E-state index in [1.165, 1.54) is 0 Å². The maximum Gasteiger partial charge on any atom is 0.129 e. The van der Waals surface area contributed by atoms with Gasteiger partial charge in [-0.2, -0.15) is 0 Å². The van der Waals surface area contributed by atoms with Gasteiger partial charge in [0.15, 0.2) is 0 Å². The molecule has 4 nitrogen and oxygen atoms in total. The van der Waals surface area contributed by atoms with Crippen LogP contribution in [-0.2, 0) is 0 Å². The minimum absolute atomic E-state index is 0.798. The molecule has 0 saturated heterocycles. The van der Waals surface area contributed by atoms with Crippen LogP contribution in [0.4, 0.5) is 0 Å². The molecule has 0 amide bonds. The first-order valence-corrected chi connectivity index (χ1v) is 6.59. The Kier molecular flexibility index (Phi) is 4.35. The summed E-state index contributed by atoms with van der Waals surface area (Å²) in [7, 11) is 3.30. The molecule has 0 fully saturated rings. The lowest BCUT2D eigenvalue weighted by molar-refractivity contribution is 0.419. The number of ether oxygens (including phenoxy) is 2. The zero-order chi connectivity index (χ0) is 14.5. The molecule has 1 aromatic carbocycles. The Morgan fingerprint density at radius 1 is 0.700 bits per heavy atom. The summed E-state index contributed by atoms with van der Waals surface area (Å²) >= 11 is 0. The van der Waals surface area contributed by atoms with E-state index in [0.29, 0.717) is 0 Å². The van der Waals surface area contributed by atoms with Gasteiger partial charge in [-0.1, -0.05) is 13.8 Å². The van der Waals surface area contributed by atoms with E-state index in [0.717, 1.165) is 33.3 Å². The van der Waals surface area contributed by atoms with E-state index in [1.807, 2.05) is 38.1 Å². The van der Waals surface area contributed by atoms with Crippen LogP contribution >= 0.6 is 0 Å². The number of pyridine rings is 2. The average Bonchev–Trinajstić information content (AvgIpc) is 2.55. The topological polar surface area (TPSA) is 44.2 Å². The van der Waals surface area contributed by atoms with Crippen molar-refractivity contribution in [2.24, 2.45) is 0 Å². The Morgan fingerprint density at radius 2 is 1.10 bits per heavy atom. The zero-order valence-electron chi connectivity index (χ0n) is 12.2. The molecule has 0 bridgehead atoms. The molecule has 0 radical (unpaired) electrons. The van der Waals surface area contributed by atoms with Gasteiger partial charge in [-0.3, -0.25) is 9.97 Å². The van der Waals surface area contributed by atoms with Crippen molar-refractivity contribution in [2.75, 3.05) is 14.2 Å². The SMILES string of the molecule is CC.COc1ccnc2c1ccc1c(OC)ccnc12. The monoisotopic (exact) mass is 270 g/mol. The molecule has 3 aromatic rings. The van der Waals surface area contributed by atoms with Gasteiger partial charge in [-0.25, -0.2) is 0 Å². The fraction of sp³-hybridized carbons (Fsp3) is 0.250. The molecule has 4 heteroatoms. The van der Waals surface area contributed by atoms with Gasteiger partial charge in [0.25, 0.3) is 0 Å². The zero-order valence-corrected chi connectivity index (χ0v) is 12.2. The van der Waals surface area contributed by atoms with Crippen molar-refractivity contribution in [3.63, 3.8) is 0 Å². The van der Waals surface area contributed by atoms with E-state index >= 15 is 0 Å². The van der Waals surface area contributed by atoms with Crippen LogP contribution in [0.25, 0.3) is 21.8 Å². The van der Waals surface area contributed by atoms with Crippen molar-refractivity contribution in [1.82, 2.24) is 9.97 Å². The molecule has 2 heterocycles. The van der Waals surface area contributed by atoms with Gasteiger partial charge in [0.1, 0.15) is 22.5 Å². The van der Waals surface area contributed by atoms with Gasteiger partial charge in [0.05, 0.1) is 14.2 Å². The van der Waals surface area contributed by atoms with Crippen molar-refractivity contribution < 1.29 is 9.47 Å².